The molecule has 134 valence electrons. The number of urea groups is 1. The molecule has 2 aromatic rings. The van der Waals surface area contributed by atoms with E-state index in [0.29, 0.717) is 19.5 Å². The molecule has 7 heteroatoms. The minimum Gasteiger partial charge on any atom is -0.387 e. The average Bonchev–Trinajstić information content (AvgIpc) is 3.23. The molecule has 25 heavy (non-hydrogen) atoms. The summed E-state index contributed by atoms with van der Waals surface area (Å²) in [5.74, 6) is 0.204. The van der Waals surface area contributed by atoms with E-state index in [1.807, 2.05) is 34.5 Å². The van der Waals surface area contributed by atoms with Crippen molar-refractivity contribution in [2.24, 2.45) is 0 Å². The van der Waals surface area contributed by atoms with Gasteiger partial charge in [-0.25, -0.2) is 4.79 Å². The lowest BCUT2D eigenvalue weighted by Gasteiger charge is -2.16. The molecule has 0 radical (unpaired) electrons. The molecule has 3 rings (SSSR count). The minimum atomic E-state index is -0.732. The van der Waals surface area contributed by atoms with Gasteiger partial charge in [-0.15, -0.1) is 11.3 Å². The second-order valence-corrected chi connectivity index (χ2v) is 7.09. The topological polar surface area (TPSA) is 81.7 Å². The lowest BCUT2D eigenvalue weighted by atomic mass is 10.1. The van der Waals surface area contributed by atoms with Crippen molar-refractivity contribution in [1.82, 2.24) is 15.5 Å². The summed E-state index contributed by atoms with van der Waals surface area (Å²) in [4.78, 5) is 25.2. The van der Waals surface area contributed by atoms with Gasteiger partial charge in [0.1, 0.15) is 0 Å². The fourth-order valence-corrected chi connectivity index (χ4v) is 4.04. The van der Waals surface area contributed by atoms with Crippen LogP contribution in [0.1, 0.15) is 30.9 Å². The molecule has 2 heterocycles. The van der Waals surface area contributed by atoms with Crippen molar-refractivity contribution in [3.63, 3.8) is 0 Å². The highest BCUT2D eigenvalue weighted by Crippen LogP contribution is 2.29. The summed E-state index contributed by atoms with van der Waals surface area (Å²) in [6.45, 7) is 2.18. The van der Waals surface area contributed by atoms with Gasteiger partial charge in [0.15, 0.2) is 0 Å². The number of hydrogen-bond acceptors (Lipinski definition) is 4. The molecule has 3 N–H and O–H groups in total. The number of hydrogen-bond donors (Lipinski definition) is 3. The van der Waals surface area contributed by atoms with Crippen LogP contribution in [0.15, 0.2) is 29.6 Å². The molecule has 1 aliphatic heterocycles. The maximum Gasteiger partial charge on any atom is 0.314 e. The highest BCUT2D eigenvalue weighted by atomic mass is 32.1. The second kappa shape index (κ2) is 8.31. The Bertz CT molecular complexity index is 746. The number of carbonyl (C=O) groups is 2. The first-order valence-corrected chi connectivity index (χ1v) is 9.47. The predicted octanol–water partition coefficient (Wildman–Crippen LogP) is 2.25. The van der Waals surface area contributed by atoms with Gasteiger partial charge in [-0.05, 0) is 29.7 Å². The van der Waals surface area contributed by atoms with Crippen molar-refractivity contribution in [1.29, 1.82) is 0 Å². The summed E-state index contributed by atoms with van der Waals surface area (Å²) in [5, 5.41) is 18.7. The number of amides is 3. The van der Waals surface area contributed by atoms with E-state index in [1.54, 1.807) is 11.3 Å². The van der Waals surface area contributed by atoms with E-state index in [1.165, 1.54) is 0 Å². The summed E-state index contributed by atoms with van der Waals surface area (Å²) in [7, 11) is 0. The van der Waals surface area contributed by atoms with E-state index in [0.717, 1.165) is 35.0 Å². The van der Waals surface area contributed by atoms with Gasteiger partial charge in [0.05, 0.1) is 6.10 Å². The van der Waals surface area contributed by atoms with Crippen molar-refractivity contribution in [2.75, 3.05) is 26.2 Å². The second-order valence-electron chi connectivity index (χ2n) is 6.18. The zero-order valence-electron chi connectivity index (χ0n) is 14.0. The van der Waals surface area contributed by atoms with Crippen LogP contribution >= 0.6 is 11.3 Å². The zero-order valence-corrected chi connectivity index (χ0v) is 14.8. The number of carbonyl (C=O) groups excluding carboxylic acids is 2. The Labute approximate surface area is 150 Å². The number of nitrogens with one attached hydrogen (secondary N) is 2. The highest BCUT2D eigenvalue weighted by molar-refractivity contribution is 7.17. The van der Waals surface area contributed by atoms with E-state index in [-0.39, 0.29) is 18.5 Å². The third kappa shape index (κ3) is 4.49. The van der Waals surface area contributed by atoms with Crippen LogP contribution in [0, 0.1) is 0 Å². The molecular formula is C18H23N3O3S. The third-order valence-electron chi connectivity index (χ3n) is 4.39. The molecule has 1 fully saturated rings. The van der Waals surface area contributed by atoms with E-state index in [4.69, 9.17) is 0 Å². The molecule has 1 saturated heterocycles. The first kappa shape index (κ1) is 17.7. The lowest BCUT2D eigenvalue weighted by Crippen LogP contribution is -2.39. The molecule has 0 saturated carbocycles. The molecular weight excluding hydrogens is 338 g/mol. The number of nitrogens with zero attached hydrogens (tertiary/aromatic N) is 1. The van der Waals surface area contributed by atoms with Crippen LogP contribution in [-0.2, 0) is 4.79 Å². The van der Waals surface area contributed by atoms with Crippen molar-refractivity contribution >= 4 is 33.4 Å². The molecule has 1 aliphatic rings. The largest absolute Gasteiger partial charge is 0.387 e. The minimum absolute atomic E-state index is 0.164. The predicted molar refractivity (Wildman–Crippen MR) is 98.6 cm³/mol. The first-order valence-electron chi connectivity index (χ1n) is 8.59. The Balaban J connectivity index is 1.37. The fraction of sp³-hybridized carbons (Fsp3) is 0.444. The number of thiophene rings is 1. The molecule has 0 bridgehead atoms. The van der Waals surface area contributed by atoms with Crippen molar-refractivity contribution in [3.8, 4) is 0 Å². The summed E-state index contributed by atoms with van der Waals surface area (Å²) < 4.78 is 1.12. The quantitative estimate of drug-likeness (QED) is 0.662. The molecule has 1 aromatic heterocycles. The Kier molecular flexibility index (Phi) is 5.88. The monoisotopic (exact) mass is 361 g/mol. The van der Waals surface area contributed by atoms with Gasteiger partial charge in [0.2, 0.25) is 5.91 Å². The Morgan fingerprint density at radius 2 is 2.16 bits per heavy atom. The van der Waals surface area contributed by atoms with Crippen molar-refractivity contribution in [2.45, 2.75) is 25.4 Å². The number of rotatable bonds is 7. The number of benzene rings is 1. The number of aliphatic hydroxyl groups is 1. The molecule has 0 aliphatic carbocycles. The van der Waals surface area contributed by atoms with Gasteiger partial charge in [0, 0.05) is 42.9 Å². The van der Waals surface area contributed by atoms with E-state index < -0.39 is 6.10 Å². The van der Waals surface area contributed by atoms with Gasteiger partial charge in [-0.3, -0.25) is 4.79 Å². The van der Waals surface area contributed by atoms with Gasteiger partial charge >= 0.3 is 6.03 Å². The van der Waals surface area contributed by atoms with E-state index in [2.05, 4.69) is 10.6 Å². The fourth-order valence-electron chi connectivity index (χ4n) is 3.03. The SMILES string of the molecule is O=C(NCCCN1CCCC1=O)NCC(O)c1csc2ccccc12. The maximum atomic E-state index is 11.8. The Morgan fingerprint density at radius 3 is 2.96 bits per heavy atom. The molecule has 3 amide bonds. The molecule has 1 aromatic carbocycles. The normalized spacial score (nSPS) is 15.6. The van der Waals surface area contributed by atoms with Gasteiger partial charge in [0.25, 0.3) is 0 Å². The van der Waals surface area contributed by atoms with Gasteiger partial charge < -0.3 is 20.6 Å². The molecule has 1 atom stereocenters. The summed E-state index contributed by atoms with van der Waals surface area (Å²) in [6.07, 6.45) is 1.58. The summed E-state index contributed by atoms with van der Waals surface area (Å²) >= 11 is 1.59. The van der Waals surface area contributed by atoms with Gasteiger partial charge in [-0.2, -0.15) is 0 Å². The van der Waals surface area contributed by atoms with Crippen LogP contribution in [0.2, 0.25) is 0 Å². The Hall–Kier alpha value is -2.12. The zero-order chi connectivity index (χ0) is 17.6. The van der Waals surface area contributed by atoms with Crippen LogP contribution in [0.4, 0.5) is 4.79 Å². The average molecular weight is 361 g/mol. The summed E-state index contributed by atoms with van der Waals surface area (Å²) in [5.41, 5.74) is 0.841. The molecule has 6 nitrogen and oxygen atoms in total. The highest BCUT2D eigenvalue weighted by Gasteiger charge is 2.19. The smallest absolute Gasteiger partial charge is 0.314 e. The first-order chi connectivity index (χ1) is 12.1. The number of aliphatic hydroxyl groups excluding tert-OH is 1. The summed E-state index contributed by atoms with van der Waals surface area (Å²) in [6, 6.07) is 7.60. The van der Waals surface area contributed by atoms with Crippen LogP contribution in [0.5, 0.6) is 0 Å². The van der Waals surface area contributed by atoms with Gasteiger partial charge in [-0.1, -0.05) is 18.2 Å². The standard InChI is InChI=1S/C18H23N3O3S/c22-15(14-12-25-16-6-2-1-5-13(14)16)11-20-18(24)19-8-4-10-21-9-3-7-17(21)23/h1-2,5-6,12,15,22H,3-4,7-11H2,(H2,19,20,24). The van der Waals surface area contributed by atoms with Crippen LogP contribution < -0.4 is 10.6 Å². The van der Waals surface area contributed by atoms with Crippen molar-refractivity contribution < 1.29 is 14.7 Å². The van der Waals surface area contributed by atoms with Crippen LogP contribution in [0.25, 0.3) is 10.1 Å². The Morgan fingerprint density at radius 1 is 1.32 bits per heavy atom. The van der Waals surface area contributed by atoms with Crippen molar-refractivity contribution in [3.05, 3.63) is 35.2 Å². The maximum absolute atomic E-state index is 11.8. The lowest BCUT2D eigenvalue weighted by molar-refractivity contribution is -0.127. The number of fused-ring (bicyclic) bond motifs is 1. The van der Waals surface area contributed by atoms with E-state index >= 15 is 0 Å². The van der Waals surface area contributed by atoms with Crippen LogP contribution in [-0.4, -0.2) is 48.1 Å². The third-order valence-corrected chi connectivity index (χ3v) is 5.37. The molecule has 0 spiro atoms. The van der Waals surface area contributed by atoms with Crippen LogP contribution in [0.3, 0.4) is 0 Å². The van der Waals surface area contributed by atoms with E-state index in [9.17, 15) is 14.7 Å². The number of likely N-dealkylation sites (tertiary alicyclic amines) is 1. The molecule has 1 unspecified atom stereocenters.